The van der Waals surface area contributed by atoms with Crippen LogP contribution in [0.2, 0.25) is 0 Å². The van der Waals surface area contributed by atoms with Gasteiger partial charge in [-0.1, -0.05) is 31.2 Å². The minimum atomic E-state index is 0.738. The van der Waals surface area contributed by atoms with Crippen molar-refractivity contribution >= 4 is 11.8 Å². The summed E-state index contributed by atoms with van der Waals surface area (Å²) in [4.78, 5) is 0. The van der Waals surface area contributed by atoms with Gasteiger partial charge in [-0.3, -0.25) is 0 Å². The molecular formula is C15H21NS. The van der Waals surface area contributed by atoms with Gasteiger partial charge in [0.05, 0.1) is 0 Å². The molecule has 1 heterocycles. The fourth-order valence-corrected chi connectivity index (χ4v) is 4.20. The van der Waals surface area contributed by atoms with Crippen LogP contribution >= 0.6 is 11.8 Å². The summed E-state index contributed by atoms with van der Waals surface area (Å²) < 4.78 is 0. The van der Waals surface area contributed by atoms with E-state index in [1.807, 2.05) is 0 Å². The first-order valence-electron chi connectivity index (χ1n) is 6.77. The van der Waals surface area contributed by atoms with Crippen LogP contribution in [0.15, 0.2) is 24.3 Å². The first kappa shape index (κ1) is 11.6. The second kappa shape index (κ2) is 5.03. The van der Waals surface area contributed by atoms with Crippen molar-refractivity contribution < 1.29 is 0 Å². The van der Waals surface area contributed by atoms with Gasteiger partial charge in [0.25, 0.3) is 0 Å². The fraction of sp³-hybridized carbons (Fsp3) is 0.600. The van der Waals surface area contributed by atoms with Gasteiger partial charge in [-0.15, -0.1) is 0 Å². The summed E-state index contributed by atoms with van der Waals surface area (Å²) in [7, 11) is 0. The van der Waals surface area contributed by atoms with Crippen LogP contribution in [0, 0.1) is 0 Å². The summed E-state index contributed by atoms with van der Waals surface area (Å²) in [6.45, 7) is 3.54. The number of rotatable bonds is 3. The Hall–Kier alpha value is -0.470. The molecule has 0 bridgehead atoms. The summed E-state index contributed by atoms with van der Waals surface area (Å²) in [6.07, 6.45) is 4.02. The van der Waals surface area contributed by atoms with Gasteiger partial charge < -0.3 is 5.32 Å². The number of fused-ring (bicyclic) bond motifs is 1. The highest BCUT2D eigenvalue weighted by molar-refractivity contribution is 7.99. The molecule has 0 radical (unpaired) electrons. The molecule has 1 saturated heterocycles. The Kier molecular flexibility index (Phi) is 3.44. The highest BCUT2D eigenvalue weighted by Gasteiger charge is 2.27. The third-order valence-electron chi connectivity index (χ3n) is 4.19. The Morgan fingerprint density at radius 1 is 1.35 bits per heavy atom. The highest BCUT2D eigenvalue weighted by Crippen LogP contribution is 2.34. The monoisotopic (exact) mass is 247 g/mol. The lowest BCUT2D eigenvalue weighted by atomic mass is 9.77. The van der Waals surface area contributed by atoms with E-state index in [4.69, 9.17) is 0 Å². The van der Waals surface area contributed by atoms with Crippen molar-refractivity contribution in [1.82, 2.24) is 5.32 Å². The third-order valence-corrected chi connectivity index (χ3v) is 5.57. The molecule has 0 amide bonds. The molecule has 2 heteroatoms. The smallest absolute Gasteiger partial charge is 0.0184 e. The second-order valence-electron chi connectivity index (χ2n) is 5.33. The second-order valence-corrected chi connectivity index (χ2v) is 6.82. The van der Waals surface area contributed by atoms with Gasteiger partial charge >= 0.3 is 0 Å². The zero-order valence-corrected chi connectivity index (χ0v) is 11.3. The van der Waals surface area contributed by atoms with Gasteiger partial charge in [0.2, 0.25) is 0 Å². The molecule has 0 spiro atoms. The number of hydrogen-bond acceptors (Lipinski definition) is 2. The van der Waals surface area contributed by atoms with Crippen LogP contribution in [0.1, 0.15) is 36.8 Å². The van der Waals surface area contributed by atoms with E-state index >= 15 is 0 Å². The van der Waals surface area contributed by atoms with Crippen LogP contribution < -0.4 is 5.32 Å². The van der Waals surface area contributed by atoms with Crippen LogP contribution in [0.5, 0.6) is 0 Å². The van der Waals surface area contributed by atoms with Crippen molar-refractivity contribution in [3.8, 4) is 0 Å². The molecule has 3 unspecified atom stereocenters. The molecule has 1 aliphatic heterocycles. The fourth-order valence-electron chi connectivity index (χ4n) is 3.03. The van der Waals surface area contributed by atoms with E-state index in [1.54, 1.807) is 11.1 Å². The number of benzene rings is 1. The van der Waals surface area contributed by atoms with Crippen LogP contribution in [-0.4, -0.2) is 23.6 Å². The van der Waals surface area contributed by atoms with Crippen LogP contribution in [0.4, 0.5) is 0 Å². The van der Waals surface area contributed by atoms with Crippen LogP contribution in [0.25, 0.3) is 0 Å². The van der Waals surface area contributed by atoms with Crippen LogP contribution in [-0.2, 0) is 6.42 Å². The van der Waals surface area contributed by atoms with E-state index in [1.165, 1.54) is 31.6 Å². The number of nitrogens with one attached hydrogen (secondary N) is 1. The van der Waals surface area contributed by atoms with Gasteiger partial charge in [0, 0.05) is 23.8 Å². The lowest BCUT2D eigenvalue weighted by molar-refractivity contribution is 0.427. The van der Waals surface area contributed by atoms with Crippen LogP contribution in [0.3, 0.4) is 0 Å². The maximum absolute atomic E-state index is 3.79. The van der Waals surface area contributed by atoms with Crippen molar-refractivity contribution in [3.05, 3.63) is 35.4 Å². The lowest BCUT2D eigenvalue weighted by Crippen LogP contribution is -2.42. The summed E-state index contributed by atoms with van der Waals surface area (Å²) >= 11 is 2.13. The van der Waals surface area contributed by atoms with Crippen molar-refractivity contribution in [1.29, 1.82) is 0 Å². The molecule has 92 valence electrons. The van der Waals surface area contributed by atoms with Gasteiger partial charge in [0.1, 0.15) is 0 Å². The molecule has 1 nitrogen and oxygen atoms in total. The normalized spacial score (nSPS) is 31.7. The average molecular weight is 247 g/mol. The van der Waals surface area contributed by atoms with E-state index in [9.17, 15) is 0 Å². The maximum Gasteiger partial charge on any atom is 0.0184 e. The largest absolute Gasteiger partial charge is 0.312 e. The molecule has 1 aliphatic carbocycles. The Morgan fingerprint density at radius 3 is 3.06 bits per heavy atom. The maximum atomic E-state index is 3.79. The van der Waals surface area contributed by atoms with Crippen molar-refractivity contribution in [2.24, 2.45) is 0 Å². The molecule has 17 heavy (non-hydrogen) atoms. The van der Waals surface area contributed by atoms with E-state index < -0.39 is 0 Å². The zero-order valence-electron chi connectivity index (χ0n) is 10.5. The standard InChI is InChI=1S/C15H21NS/c1-11-15(7-4-8-17-11)16-10-13-9-12-5-2-3-6-14(12)13/h2-3,5-6,11,13,15-16H,4,7-10H2,1H3. The Labute approximate surface area is 108 Å². The molecule has 3 atom stereocenters. The molecule has 0 saturated carbocycles. The zero-order chi connectivity index (χ0) is 11.7. The van der Waals surface area contributed by atoms with Gasteiger partial charge in [-0.25, -0.2) is 0 Å². The first-order valence-corrected chi connectivity index (χ1v) is 7.82. The predicted molar refractivity (Wildman–Crippen MR) is 75.8 cm³/mol. The van der Waals surface area contributed by atoms with Crippen molar-refractivity contribution in [2.75, 3.05) is 12.3 Å². The Morgan fingerprint density at radius 2 is 2.24 bits per heavy atom. The number of hydrogen-bond donors (Lipinski definition) is 1. The molecule has 3 rings (SSSR count). The van der Waals surface area contributed by atoms with Crippen molar-refractivity contribution in [2.45, 2.75) is 43.4 Å². The van der Waals surface area contributed by atoms with Gasteiger partial charge in [0.15, 0.2) is 0 Å². The third kappa shape index (κ3) is 2.38. The molecule has 1 aromatic rings. The average Bonchev–Trinajstić information content (AvgIpc) is 2.32. The Balaban J connectivity index is 1.53. The van der Waals surface area contributed by atoms with E-state index in [0.717, 1.165) is 17.2 Å². The number of thioether (sulfide) groups is 1. The molecule has 1 fully saturated rings. The molecule has 0 aromatic heterocycles. The molecule has 2 aliphatic rings. The molecule has 1 aromatic carbocycles. The minimum absolute atomic E-state index is 0.738. The van der Waals surface area contributed by atoms with E-state index in [2.05, 4.69) is 48.3 Å². The molecular weight excluding hydrogens is 226 g/mol. The Bertz CT molecular complexity index is 390. The summed E-state index contributed by atoms with van der Waals surface area (Å²) in [5.41, 5.74) is 3.14. The predicted octanol–water partition coefficient (Wildman–Crippen LogP) is 3.20. The minimum Gasteiger partial charge on any atom is -0.312 e. The summed E-state index contributed by atoms with van der Waals surface area (Å²) in [6, 6.07) is 9.63. The van der Waals surface area contributed by atoms with E-state index in [-0.39, 0.29) is 0 Å². The molecule has 1 N–H and O–H groups in total. The summed E-state index contributed by atoms with van der Waals surface area (Å²) in [5.74, 6) is 2.12. The highest BCUT2D eigenvalue weighted by atomic mass is 32.2. The SMILES string of the molecule is CC1SCCCC1NCC1Cc2ccccc21. The van der Waals surface area contributed by atoms with Gasteiger partial charge in [-0.05, 0) is 36.1 Å². The summed E-state index contributed by atoms with van der Waals surface area (Å²) in [5, 5.41) is 4.58. The van der Waals surface area contributed by atoms with Crippen molar-refractivity contribution in [3.63, 3.8) is 0 Å². The quantitative estimate of drug-likeness (QED) is 0.880. The van der Waals surface area contributed by atoms with E-state index in [0.29, 0.717) is 0 Å². The topological polar surface area (TPSA) is 12.0 Å². The van der Waals surface area contributed by atoms with Gasteiger partial charge in [-0.2, -0.15) is 11.8 Å². The first-order chi connectivity index (χ1) is 8.34. The lowest BCUT2D eigenvalue weighted by Gasteiger charge is -2.34.